The summed E-state index contributed by atoms with van der Waals surface area (Å²) in [5.74, 6) is 1.33. The SMILES string of the molecule is CCOc1c(/C(C)=C/C(=O)Nc2ccc(C)cc2)cc2c(-c3ccc(OC)cc3)coc2c1C. The number of methoxy groups -OCH3 is 1. The van der Waals surface area contributed by atoms with Gasteiger partial charge in [-0.3, -0.25) is 4.79 Å². The molecule has 0 radical (unpaired) electrons. The number of carbonyl (C=O) groups excluding carboxylic acids is 1. The number of aryl methyl sites for hydroxylation is 2. The number of hydrogen-bond donors (Lipinski definition) is 1. The summed E-state index contributed by atoms with van der Waals surface area (Å²) in [7, 11) is 1.65. The first-order valence-electron chi connectivity index (χ1n) is 11.3. The molecule has 1 amide bonds. The fraction of sp³-hybridized carbons (Fsp3) is 0.207. The van der Waals surface area contributed by atoms with Crippen LogP contribution in [0.15, 0.2) is 71.4 Å². The van der Waals surface area contributed by atoms with Gasteiger partial charge in [-0.25, -0.2) is 0 Å². The van der Waals surface area contributed by atoms with Crippen LogP contribution < -0.4 is 14.8 Å². The second kappa shape index (κ2) is 9.87. The minimum Gasteiger partial charge on any atom is -0.497 e. The molecule has 4 rings (SSSR count). The van der Waals surface area contributed by atoms with Crippen molar-refractivity contribution in [1.82, 2.24) is 0 Å². The molecule has 5 heteroatoms. The van der Waals surface area contributed by atoms with Crippen molar-refractivity contribution in [3.63, 3.8) is 0 Å². The largest absolute Gasteiger partial charge is 0.497 e. The average Bonchev–Trinajstić information content (AvgIpc) is 3.26. The Labute approximate surface area is 200 Å². The van der Waals surface area contributed by atoms with Crippen molar-refractivity contribution in [1.29, 1.82) is 0 Å². The van der Waals surface area contributed by atoms with E-state index in [0.29, 0.717) is 6.61 Å². The van der Waals surface area contributed by atoms with Gasteiger partial charge in [0.15, 0.2) is 0 Å². The smallest absolute Gasteiger partial charge is 0.248 e. The van der Waals surface area contributed by atoms with Gasteiger partial charge in [-0.2, -0.15) is 0 Å². The van der Waals surface area contributed by atoms with Gasteiger partial charge in [-0.05, 0) is 69.2 Å². The first-order chi connectivity index (χ1) is 16.4. The van der Waals surface area contributed by atoms with Crippen LogP contribution in [0.5, 0.6) is 11.5 Å². The van der Waals surface area contributed by atoms with E-state index in [-0.39, 0.29) is 5.91 Å². The van der Waals surface area contributed by atoms with Crippen molar-refractivity contribution in [2.45, 2.75) is 27.7 Å². The molecule has 34 heavy (non-hydrogen) atoms. The number of carbonyl (C=O) groups is 1. The van der Waals surface area contributed by atoms with Gasteiger partial charge in [0.05, 0.1) is 20.0 Å². The molecule has 0 aliphatic rings. The average molecular weight is 456 g/mol. The molecule has 1 heterocycles. The van der Waals surface area contributed by atoms with E-state index >= 15 is 0 Å². The number of furan rings is 1. The van der Waals surface area contributed by atoms with Crippen LogP contribution in [0.4, 0.5) is 5.69 Å². The van der Waals surface area contributed by atoms with E-state index < -0.39 is 0 Å². The lowest BCUT2D eigenvalue weighted by Crippen LogP contribution is -2.09. The second-order valence-electron chi connectivity index (χ2n) is 8.25. The predicted octanol–water partition coefficient (Wildman–Crippen LogP) is 7.17. The Morgan fingerprint density at radius 1 is 1.06 bits per heavy atom. The lowest BCUT2D eigenvalue weighted by molar-refractivity contribution is -0.111. The fourth-order valence-electron chi connectivity index (χ4n) is 4.02. The molecule has 1 N–H and O–H groups in total. The third-order valence-corrected chi connectivity index (χ3v) is 5.83. The van der Waals surface area contributed by atoms with Crippen molar-refractivity contribution in [3.8, 4) is 22.6 Å². The molecule has 4 aromatic rings. The zero-order valence-corrected chi connectivity index (χ0v) is 20.2. The van der Waals surface area contributed by atoms with E-state index in [4.69, 9.17) is 13.9 Å². The molecule has 0 bridgehead atoms. The molecule has 0 saturated heterocycles. The summed E-state index contributed by atoms with van der Waals surface area (Å²) >= 11 is 0. The first-order valence-corrected chi connectivity index (χ1v) is 11.3. The Morgan fingerprint density at radius 2 is 1.76 bits per heavy atom. The molecular formula is C29H29NO4. The van der Waals surface area contributed by atoms with Crippen LogP contribution >= 0.6 is 0 Å². The van der Waals surface area contributed by atoms with Crippen LogP contribution in [0, 0.1) is 13.8 Å². The van der Waals surface area contributed by atoms with E-state index in [1.165, 1.54) is 0 Å². The van der Waals surface area contributed by atoms with Crippen LogP contribution in [0.2, 0.25) is 0 Å². The highest BCUT2D eigenvalue weighted by Crippen LogP contribution is 2.41. The van der Waals surface area contributed by atoms with Gasteiger partial charge in [0.2, 0.25) is 5.91 Å². The predicted molar refractivity (Wildman–Crippen MR) is 138 cm³/mol. The minimum absolute atomic E-state index is 0.191. The van der Waals surface area contributed by atoms with Gasteiger partial charge in [0, 0.05) is 33.8 Å². The molecule has 0 unspecified atom stereocenters. The Hall–Kier alpha value is -3.99. The molecule has 0 atom stereocenters. The zero-order chi connectivity index (χ0) is 24.2. The number of nitrogens with one attached hydrogen (secondary N) is 1. The van der Waals surface area contributed by atoms with Gasteiger partial charge in [0.1, 0.15) is 17.1 Å². The molecule has 1 aromatic heterocycles. The number of amides is 1. The van der Waals surface area contributed by atoms with E-state index in [1.807, 2.05) is 82.3 Å². The van der Waals surface area contributed by atoms with Gasteiger partial charge in [-0.15, -0.1) is 0 Å². The maximum absolute atomic E-state index is 12.7. The molecule has 0 fully saturated rings. The summed E-state index contributed by atoms with van der Waals surface area (Å²) in [5.41, 5.74) is 7.24. The Bertz CT molecular complexity index is 1350. The van der Waals surface area contributed by atoms with Gasteiger partial charge >= 0.3 is 0 Å². The topological polar surface area (TPSA) is 60.7 Å². The van der Waals surface area contributed by atoms with Crippen molar-refractivity contribution in [2.75, 3.05) is 19.0 Å². The standard InChI is InChI=1S/C29H29NO4/c1-6-33-28-20(4)29-25(26(17-34-29)21-9-13-23(32-5)14-10-21)16-24(28)19(3)15-27(31)30-22-11-7-18(2)8-12-22/h7-17H,6H2,1-5H3,(H,30,31)/b19-15+. The van der Waals surface area contributed by atoms with Crippen LogP contribution in [0.1, 0.15) is 30.5 Å². The molecule has 0 spiro atoms. The van der Waals surface area contributed by atoms with Crippen molar-refractivity contribution >= 4 is 28.1 Å². The normalized spacial score (nSPS) is 11.5. The molecule has 0 aliphatic heterocycles. The lowest BCUT2D eigenvalue weighted by Gasteiger charge is -2.15. The summed E-state index contributed by atoms with van der Waals surface area (Å²) < 4.78 is 17.3. The Morgan fingerprint density at radius 3 is 2.41 bits per heavy atom. The summed E-state index contributed by atoms with van der Waals surface area (Å²) in [6, 6.07) is 17.6. The maximum Gasteiger partial charge on any atom is 0.248 e. The number of allylic oxidation sites excluding steroid dienone is 1. The van der Waals surface area contributed by atoms with Crippen LogP contribution in [0.3, 0.4) is 0 Å². The molecule has 0 aliphatic carbocycles. The van der Waals surface area contributed by atoms with Gasteiger partial charge < -0.3 is 19.2 Å². The van der Waals surface area contributed by atoms with Crippen molar-refractivity contribution in [2.24, 2.45) is 0 Å². The summed E-state index contributed by atoms with van der Waals surface area (Å²) in [6.45, 7) is 8.37. The summed E-state index contributed by atoms with van der Waals surface area (Å²) in [6.07, 6.45) is 3.37. The highest BCUT2D eigenvalue weighted by atomic mass is 16.5. The van der Waals surface area contributed by atoms with E-state index in [2.05, 4.69) is 5.32 Å². The van der Waals surface area contributed by atoms with Crippen LogP contribution in [-0.2, 0) is 4.79 Å². The summed E-state index contributed by atoms with van der Waals surface area (Å²) in [4.78, 5) is 12.7. The van der Waals surface area contributed by atoms with E-state index in [9.17, 15) is 4.79 Å². The van der Waals surface area contributed by atoms with Crippen molar-refractivity contribution in [3.05, 3.63) is 83.6 Å². The minimum atomic E-state index is -0.191. The number of anilines is 1. The molecule has 3 aromatic carbocycles. The second-order valence-corrected chi connectivity index (χ2v) is 8.25. The lowest BCUT2D eigenvalue weighted by atomic mass is 9.96. The van der Waals surface area contributed by atoms with E-state index in [1.54, 1.807) is 19.4 Å². The fourth-order valence-corrected chi connectivity index (χ4v) is 4.02. The summed E-state index contributed by atoms with van der Waals surface area (Å²) in [5, 5.41) is 3.90. The maximum atomic E-state index is 12.7. The molecule has 174 valence electrons. The molecule has 0 saturated carbocycles. The zero-order valence-electron chi connectivity index (χ0n) is 20.2. The van der Waals surface area contributed by atoms with Gasteiger partial charge in [0.25, 0.3) is 0 Å². The monoisotopic (exact) mass is 455 g/mol. The number of fused-ring (bicyclic) bond motifs is 1. The number of hydrogen-bond acceptors (Lipinski definition) is 4. The van der Waals surface area contributed by atoms with Crippen LogP contribution in [-0.4, -0.2) is 19.6 Å². The highest BCUT2D eigenvalue weighted by Gasteiger charge is 2.19. The quantitative estimate of drug-likeness (QED) is 0.300. The highest BCUT2D eigenvalue weighted by molar-refractivity contribution is 6.06. The van der Waals surface area contributed by atoms with Crippen LogP contribution in [0.25, 0.3) is 27.7 Å². The van der Waals surface area contributed by atoms with Gasteiger partial charge in [-0.1, -0.05) is 29.8 Å². The number of benzene rings is 3. The van der Waals surface area contributed by atoms with Crippen molar-refractivity contribution < 1.29 is 18.7 Å². The molecule has 5 nitrogen and oxygen atoms in total. The first kappa shape index (κ1) is 23.2. The number of ether oxygens (including phenoxy) is 2. The Kier molecular flexibility index (Phi) is 6.73. The Balaban J connectivity index is 1.76. The number of rotatable bonds is 7. The third kappa shape index (κ3) is 4.69. The third-order valence-electron chi connectivity index (χ3n) is 5.83. The molecular weight excluding hydrogens is 426 g/mol. The van der Waals surface area contributed by atoms with E-state index in [0.717, 1.165) is 61.5 Å².